The highest BCUT2D eigenvalue weighted by Gasteiger charge is 2.35. The third-order valence-corrected chi connectivity index (χ3v) is 4.18. The van der Waals surface area contributed by atoms with Crippen LogP contribution in [-0.4, -0.2) is 18.2 Å². The van der Waals surface area contributed by atoms with Gasteiger partial charge in [-0.25, -0.2) is 4.39 Å². The molecular formula is C15H24ClFN2O. The molecule has 20 heavy (non-hydrogen) atoms. The van der Waals surface area contributed by atoms with Crippen LogP contribution in [0, 0.1) is 5.82 Å². The minimum atomic E-state index is -0.408. The van der Waals surface area contributed by atoms with E-state index in [2.05, 4.69) is 19.3 Å². The largest absolute Gasteiger partial charge is 0.374 e. The second-order valence-corrected chi connectivity index (χ2v) is 5.28. The van der Waals surface area contributed by atoms with E-state index in [1.165, 1.54) is 6.07 Å². The van der Waals surface area contributed by atoms with E-state index < -0.39 is 5.82 Å². The number of benzene rings is 1. The lowest BCUT2D eigenvalue weighted by Crippen LogP contribution is -2.55. The van der Waals surface area contributed by atoms with Crippen molar-refractivity contribution in [3.8, 4) is 0 Å². The molecule has 0 heterocycles. The zero-order valence-corrected chi connectivity index (χ0v) is 13.1. The Morgan fingerprint density at radius 2 is 2.00 bits per heavy atom. The van der Waals surface area contributed by atoms with E-state index in [0.29, 0.717) is 13.0 Å². The SMILES string of the molecule is CCOC(CC)(CC)C(Cc1ccc(F)c(Cl)c1)NN. The highest BCUT2D eigenvalue weighted by atomic mass is 35.5. The van der Waals surface area contributed by atoms with Gasteiger partial charge in [0, 0.05) is 6.61 Å². The number of halogens is 2. The Bertz CT molecular complexity index is 424. The molecule has 0 radical (unpaired) electrons. The van der Waals surface area contributed by atoms with Gasteiger partial charge >= 0.3 is 0 Å². The monoisotopic (exact) mass is 302 g/mol. The smallest absolute Gasteiger partial charge is 0.141 e. The van der Waals surface area contributed by atoms with Crippen molar-refractivity contribution in [2.45, 2.75) is 51.7 Å². The van der Waals surface area contributed by atoms with Gasteiger partial charge < -0.3 is 4.74 Å². The Hall–Kier alpha value is -0.680. The molecule has 0 aromatic heterocycles. The van der Waals surface area contributed by atoms with E-state index in [1.54, 1.807) is 12.1 Å². The average molecular weight is 303 g/mol. The molecule has 1 rings (SSSR count). The van der Waals surface area contributed by atoms with E-state index >= 15 is 0 Å². The zero-order chi connectivity index (χ0) is 15.2. The van der Waals surface area contributed by atoms with Crippen LogP contribution in [0.1, 0.15) is 39.2 Å². The van der Waals surface area contributed by atoms with Gasteiger partial charge in [0.05, 0.1) is 16.7 Å². The van der Waals surface area contributed by atoms with E-state index in [-0.39, 0.29) is 16.7 Å². The van der Waals surface area contributed by atoms with Crippen LogP contribution in [0.4, 0.5) is 4.39 Å². The summed E-state index contributed by atoms with van der Waals surface area (Å²) in [4.78, 5) is 0. The Morgan fingerprint density at radius 1 is 1.35 bits per heavy atom. The van der Waals surface area contributed by atoms with Crippen molar-refractivity contribution in [1.82, 2.24) is 5.43 Å². The molecule has 1 atom stereocenters. The van der Waals surface area contributed by atoms with Gasteiger partial charge in [-0.15, -0.1) is 0 Å². The van der Waals surface area contributed by atoms with Crippen LogP contribution < -0.4 is 11.3 Å². The topological polar surface area (TPSA) is 47.3 Å². The van der Waals surface area contributed by atoms with Crippen LogP contribution >= 0.6 is 11.6 Å². The minimum Gasteiger partial charge on any atom is -0.374 e. The fourth-order valence-electron chi connectivity index (χ4n) is 2.63. The van der Waals surface area contributed by atoms with E-state index in [0.717, 1.165) is 18.4 Å². The van der Waals surface area contributed by atoms with Crippen LogP contribution in [0.5, 0.6) is 0 Å². The first kappa shape index (κ1) is 17.4. The summed E-state index contributed by atoms with van der Waals surface area (Å²) in [5.41, 5.74) is 3.46. The molecule has 1 aromatic carbocycles. The van der Waals surface area contributed by atoms with Gasteiger partial charge in [0.15, 0.2) is 0 Å². The van der Waals surface area contributed by atoms with Crippen molar-refractivity contribution in [2.24, 2.45) is 5.84 Å². The average Bonchev–Trinajstić information content (AvgIpc) is 2.46. The van der Waals surface area contributed by atoms with Gasteiger partial charge in [-0.1, -0.05) is 31.5 Å². The lowest BCUT2D eigenvalue weighted by Gasteiger charge is -2.39. The van der Waals surface area contributed by atoms with E-state index in [9.17, 15) is 4.39 Å². The van der Waals surface area contributed by atoms with Crippen molar-refractivity contribution >= 4 is 11.6 Å². The number of rotatable bonds is 8. The molecule has 3 N–H and O–H groups in total. The van der Waals surface area contributed by atoms with Crippen molar-refractivity contribution < 1.29 is 9.13 Å². The maximum Gasteiger partial charge on any atom is 0.141 e. The van der Waals surface area contributed by atoms with Crippen molar-refractivity contribution in [2.75, 3.05) is 6.61 Å². The Labute approximate surface area is 125 Å². The molecule has 0 aliphatic carbocycles. The summed E-state index contributed by atoms with van der Waals surface area (Å²) in [6.45, 7) is 6.77. The molecule has 0 saturated carbocycles. The number of hydrogen-bond acceptors (Lipinski definition) is 3. The van der Waals surface area contributed by atoms with Gasteiger partial charge in [0.2, 0.25) is 0 Å². The second-order valence-electron chi connectivity index (χ2n) is 4.88. The fraction of sp³-hybridized carbons (Fsp3) is 0.600. The van der Waals surface area contributed by atoms with Gasteiger partial charge in [0.1, 0.15) is 5.82 Å². The molecule has 0 spiro atoms. The molecule has 114 valence electrons. The second kappa shape index (κ2) is 7.93. The molecule has 1 unspecified atom stereocenters. The predicted octanol–water partition coefficient (Wildman–Crippen LogP) is 3.45. The molecule has 0 aliphatic heterocycles. The normalized spacial score (nSPS) is 13.5. The van der Waals surface area contributed by atoms with Gasteiger partial charge in [-0.05, 0) is 43.9 Å². The lowest BCUT2D eigenvalue weighted by atomic mass is 9.84. The first-order chi connectivity index (χ1) is 9.52. The molecule has 0 bridgehead atoms. The number of nitrogens with one attached hydrogen (secondary N) is 1. The van der Waals surface area contributed by atoms with Crippen molar-refractivity contribution in [3.63, 3.8) is 0 Å². The molecule has 0 aliphatic rings. The summed E-state index contributed by atoms with van der Waals surface area (Å²) < 4.78 is 19.2. The summed E-state index contributed by atoms with van der Waals surface area (Å²) in [7, 11) is 0. The van der Waals surface area contributed by atoms with Crippen LogP contribution in [-0.2, 0) is 11.2 Å². The highest BCUT2D eigenvalue weighted by Crippen LogP contribution is 2.28. The molecule has 0 amide bonds. The Balaban J connectivity index is 2.96. The van der Waals surface area contributed by atoms with E-state index in [1.807, 2.05) is 6.92 Å². The fourth-order valence-corrected chi connectivity index (χ4v) is 2.84. The number of ether oxygens (including phenoxy) is 1. The number of hydrazine groups is 1. The summed E-state index contributed by atoms with van der Waals surface area (Å²) in [5.74, 6) is 5.31. The van der Waals surface area contributed by atoms with Gasteiger partial charge in [-0.2, -0.15) is 0 Å². The minimum absolute atomic E-state index is 0.0565. The number of hydrogen-bond donors (Lipinski definition) is 2. The maximum atomic E-state index is 13.2. The first-order valence-corrected chi connectivity index (χ1v) is 7.44. The molecule has 5 heteroatoms. The van der Waals surface area contributed by atoms with Crippen LogP contribution in [0.3, 0.4) is 0 Å². The standard InChI is InChI=1S/C15H24ClFN2O/c1-4-15(5-2,20-6-3)14(19-18)10-11-7-8-13(17)12(16)9-11/h7-9,14,19H,4-6,10,18H2,1-3H3. The molecule has 0 saturated heterocycles. The van der Waals surface area contributed by atoms with Crippen LogP contribution in [0.15, 0.2) is 18.2 Å². The van der Waals surface area contributed by atoms with Crippen molar-refractivity contribution in [1.29, 1.82) is 0 Å². The van der Waals surface area contributed by atoms with Crippen LogP contribution in [0.2, 0.25) is 5.02 Å². The molecular weight excluding hydrogens is 279 g/mol. The van der Waals surface area contributed by atoms with Crippen LogP contribution in [0.25, 0.3) is 0 Å². The Kier molecular flexibility index (Phi) is 6.89. The molecule has 1 aromatic rings. The van der Waals surface area contributed by atoms with Gasteiger partial charge in [-0.3, -0.25) is 11.3 Å². The third-order valence-electron chi connectivity index (χ3n) is 3.89. The summed E-state index contributed by atoms with van der Waals surface area (Å²) in [5, 5.41) is 0.133. The molecule has 0 fully saturated rings. The third kappa shape index (κ3) is 3.92. The summed E-state index contributed by atoms with van der Waals surface area (Å²) >= 11 is 5.83. The summed E-state index contributed by atoms with van der Waals surface area (Å²) in [6.07, 6.45) is 2.33. The Morgan fingerprint density at radius 3 is 2.45 bits per heavy atom. The van der Waals surface area contributed by atoms with Gasteiger partial charge in [0.25, 0.3) is 0 Å². The van der Waals surface area contributed by atoms with E-state index in [4.69, 9.17) is 22.2 Å². The number of nitrogens with two attached hydrogens (primary N) is 1. The van der Waals surface area contributed by atoms with Crippen molar-refractivity contribution in [3.05, 3.63) is 34.6 Å². The predicted molar refractivity (Wildman–Crippen MR) is 81.2 cm³/mol. The highest BCUT2D eigenvalue weighted by molar-refractivity contribution is 6.30. The molecule has 3 nitrogen and oxygen atoms in total. The summed E-state index contributed by atoms with van der Waals surface area (Å²) in [6, 6.07) is 4.70. The lowest BCUT2D eigenvalue weighted by molar-refractivity contribution is -0.0719. The maximum absolute atomic E-state index is 13.2. The quantitative estimate of drug-likeness (QED) is 0.571. The first-order valence-electron chi connectivity index (χ1n) is 7.07. The zero-order valence-electron chi connectivity index (χ0n) is 12.4.